The van der Waals surface area contributed by atoms with Crippen molar-refractivity contribution in [1.82, 2.24) is 19.5 Å². The van der Waals surface area contributed by atoms with Crippen LogP contribution >= 0.6 is 0 Å². The zero-order valence-corrected chi connectivity index (χ0v) is 25.3. The van der Waals surface area contributed by atoms with E-state index in [1.807, 2.05) is 97.1 Å². The van der Waals surface area contributed by atoms with Gasteiger partial charge in [-0.05, 0) is 53.2 Å². The van der Waals surface area contributed by atoms with Crippen molar-refractivity contribution in [1.29, 1.82) is 0 Å². The summed E-state index contributed by atoms with van der Waals surface area (Å²) in [5.41, 5.74) is 5.24. The molecule has 7 aromatic carbocycles. The maximum absolute atomic E-state index is 8.85. The molecule has 0 unspecified atom stereocenters. The Morgan fingerprint density at radius 2 is 1.17 bits per heavy atom. The van der Waals surface area contributed by atoms with Gasteiger partial charge in [0.1, 0.15) is 11.2 Å². The number of para-hydroxylation sites is 4. The third-order valence-corrected chi connectivity index (χ3v) is 8.92. The molecule has 0 saturated carbocycles. The average molecular weight is 620 g/mol. The van der Waals surface area contributed by atoms with Crippen molar-refractivity contribution in [2.45, 2.75) is 0 Å². The van der Waals surface area contributed by atoms with Crippen LogP contribution < -0.4 is 0 Å². The minimum absolute atomic E-state index is 0.0415. The second-order valence-electron chi connectivity index (χ2n) is 11.7. The average Bonchev–Trinajstić information content (AvgIpc) is 3.74. The van der Waals surface area contributed by atoms with Gasteiger partial charge in [-0.2, -0.15) is 0 Å². The highest BCUT2D eigenvalue weighted by Gasteiger charge is 2.21. The van der Waals surface area contributed by atoms with Crippen LogP contribution in [0.25, 0.3) is 94.4 Å². The van der Waals surface area contributed by atoms with E-state index in [4.69, 9.17) is 26.2 Å². The van der Waals surface area contributed by atoms with Gasteiger partial charge in [0.2, 0.25) is 0 Å². The Hall–Kier alpha value is -6.59. The third kappa shape index (κ3) is 4.08. The van der Waals surface area contributed by atoms with Gasteiger partial charge in [0.15, 0.2) is 17.5 Å². The van der Waals surface area contributed by atoms with Crippen molar-refractivity contribution >= 4 is 54.5 Å². The molecule has 0 saturated heterocycles. The van der Waals surface area contributed by atoms with Gasteiger partial charge in [-0.15, -0.1) is 0 Å². The molecule has 5 heteroatoms. The summed E-state index contributed by atoms with van der Waals surface area (Å²) >= 11 is 0. The standard InChI is InChI=1S/C43H26N4O/c1-3-13-27(14-4-1)41-44-42(34-22-11-20-32-31-19-9-10-24-37(31)47(39(32)34)30-17-5-2-6-18-30)46-43(45-41)35-23-12-21-33-36-25-28-15-7-8-16-29(28)26-38(36)48-40(33)35/h1-26H/i1D,3D,4D,13D,14D. The predicted octanol–water partition coefficient (Wildman–Crippen LogP) is 11.0. The fourth-order valence-corrected chi connectivity index (χ4v) is 6.79. The summed E-state index contributed by atoms with van der Waals surface area (Å²) in [6.45, 7) is 0. The summed E-state index contributed by atoms with van der Waals surface area (Å²) in [7, 11) is 0. The molecule has 10 aromatic rings. The van der Waals surface area contributed by atoms with E-state index in [-0.39, 0.29) is 23.0 Å². The van der Waals surface area contributed by atoms with Crippen molar-refractivity contribution in [3.05, 3.63) is 158 Å². The van der Waals surface area contributed by atoms with Crippen LogP contribution in [0.3, 0.4) is 0 Å². The molecule has 48 heavy (non-hydrogen) atoms. The molecule has 3 aromatic heterocycles. The molecular weight excluding hydrogens is 589 g/mol. The lowest BCUT2D eigenvalue weighted by Gasteiger charge is -2.12. The number of furan rings is 1. The number of benzene rings is 7. The fraction of sp³-hybridized carbons (Fsp3) is 0. The summed E-state index contributed by atoms with van der Waals surface area (Å²) in [5.74, 6) is 0.479. The highest BCUT2D eigenvalue weighted by atomic mass is 16.3. The zero-order chi connectivity index (χ0) is 36.0. The molecule has 10 rings (SSSR count). The summed E-state index contributed by atoms with van der Waals surface area (Å²) < 4.78 is 51.6. The Morgan fingerprint density at radius 1 is 0.521 bits per heavy atom. The molecule has 0 aliphatic carbocycles. The first-order valence-corrected chi connectivity index (χ1v) is 15.6. The van der Waals surface area contributed by atoms with Gasteiger partial charge < -0.3 is 8.98 Å². The Bertz CT molecular complexity index is 3110. The minimum atomic E-state index is -0.491. The Balaban J connectivity index is 1.31. The molecular formula is C43H26N4O. The lowest BCUT2D eigenvalue weighted by Crippen LogP contribution is -2.02. The van der Waals surface area contributed by atoms with E-state index < -0.39 is 30.2 Å². The van der Waals surface area contributed by atoms with Crippen LogP contribution in [-0.4, -0.2) is 19.5 Å². The van der Waals surface area contributed by atoms with Crippen LogP contribution in [0.2, 0.25) is 0 Å². The topological polar surface area (TPSA) is 56.7 Å². The Labute approximate surface area is 282 Å². The van der Waals surface area contributed by atoms with Crippen LogP contribution in [0, 0.1) is 0 Å². The Morgan fingerprint density at radius 3 is 2.00 bits per heavy atom. The summed E-state index contributed by atoms with van der Waals surface area (Å²) in [6.07, 6.45) is 0. The molecule has 0 N–H and O–H groups in total. The monoisotopic (exact) mass is 619 g/mol. The third-order valence-electron chi connectivity index (χ3n) is 8.92. The molecule has 0 spiro atoms. The van der Waals surface area contributed by atoms with Crippen molar-refractivity contribution in [2.75, 3.05) is 0 Å². The maximum Gasteiger partial charge on any atom is 0.167 e. The predicted molar refractivity (Wildman–Crippen MR) is 195 cm³/mol. The first-order chi connectivity index (χ1) is 25.9. The largest absolute Gasteiger partial charge is 0.455 e. The SMILES string of the molecule is [2H]c1c([2H])c([2H])c(-c2nc(-c3cccc4c3oc3cc5ccccc5cc34)nc(-c3cccc4c5ccccc5n(-c5ccccc5)c34)n2)c([2H])c1[2H]. The van der Waals surface area contributed by atoms with E-state index in [9.17, 15) is 0 Å². The molecule has 224 valence electrons. The molecule has 0 amide bonds. The molecule has 5 nitrogen and oxygen atoms in total. The molecule has 0 radical (unpaired) electrons. The molecule has 0 fully saturated rings. The van der Waals surface area contributed by atoms with E-state index >= 15 is 0 Å². The summed E-state index contributed by atoms with van der Waals surface area (Å²) in [5, 5.41) is 5.99. The number of hydrogen-bond acceptors (Lipinski definition) is 4. The van der Waals surface area contributed by atoms with Crippen molar-refractivity contribution in [3.63, 3.8) is 0 Å². The van der Waals surface area contributed by atoms with Gasteiger partial charge in [0.05, 0.1) is 23.5 Å². The Kier molecular flexibility index (Phi) is 4.81. The van der Waals surface area contributed by atoms with Crippen LogP contribution in [-0.2, 0) is 0 Å². The molecule has 0 atom stereocenters. The fourth-order valence-electron chi connectivity index (χ4n) is 6.79. The normalized spacial score (nSPS) is 13.2. The zero-order valence-electron chi connectivity index (χ0n) is 30.3. The highest BCUT2D eigenvalue weighted by Crippen LogP contribution is 2.40. The molecule has 0 bridgehead atoms. The summed E-state index contributed by atoms with van der Waals surface area (Å²) in [4.78, 5) is 14.9. The van der Waals surface area contributed by atoms with E-state index in [2.05, 4.69) is 34.9 Å². The number of rotatable bonds is 4. The van der Waals surface area contributed by atoms with Gasteiger partial charge >= 0.3 is 0 Å². The number of hydrogen-bond donors (Lipinski definition) is 0. The number of aromatic nitrogens is 4. The van der Waals surface area contributed by atoms with Crippen molar-refractivity contribution in [2.24, 2.45) is 0 Å². The van der Waals surface area contributed by atoms with Crippen LogP contribution in [0.15, 0.2) is 162 Å². The molecule has 0 aliphatic heterocycles. The molecule has 0 aliphatic rings. The lowest BCUT2D eigenvalue weighted by molar-refractivity contribution is 0.670. The second kappa shape index (κ2) is 10.5. The van der Waals surface area contributed by atoms with Gasteiger partial charge in [-0.1, -0.05) is 115 Å². The van der Waals surface area contributed by atoms with Gasteiger partial charge in [-0.3, -0.25) is 0 Å². The minimum Gasteiger partial charge on any atom is -0.455 e. The quantitative estimate of drug-likeness (QED) is 0.197. The molecule has 3 heterocycles. The van der Waals surface area contributed by atoms with E-state index in [0.29, 0.717) is 22.3 Å². The van der Waals surface area contributed by atoms with Crippen LogP contribution in [0.1, 0.15) is 6.85 Å². The van der Waals surface area contributed by atoms with Crippen LogP contribution in [0.5, 0.6) is 0 Å². The maximum atomic E-state index is 8.85. The first kappa shape index (κ1) is 22.0. The van der Waals surface area contributed by atoms with Gasteiger partial charge in [-0.25, -0.2) is 15.0 Å². The van der Waals surface area contributed by atoms with Gasteiger partial charge in [0.25, 0.3) is 0 Å². The van der Waals surface area contributed by atoms with E-state index in [1.54, 1.807) is 0 Å². The smallest absolute Gasteiger partial charge is 0.167 e. The highest BCUT2D eigenvalue weighted by molar-refractivity contribution is 6.14. The van der Waals surface area contributed by atoms with E-state index in [0.717, 1.165) is 49.0 Å². The van der Waals surface area contributed by atoms with Crippen molar-refractivity contribution in [3.8, 4) is 39.9 Å². The van der Waals surface area contributed by atoms with Crippen LogP contribution in [0.4, 0.5) is 0 Å². The number of fused-ring (bicyclic) bond motifs is 7. The van der Waals surface area contributed by atoms with E-state index in [1.165, 1.54) is 0 Å². The number of nitrogens with zero attached hydrogens (tertiary/aromatic N) is 4. The summed E-state index contributed by atoms with van der Waals surface area (Å²) in [6, 6.07) is 40.0. The second-order valence-corrected chi connectivity index (χ2v) is 11.7. The van der Waals surface area contributed by atoms with Crippen molar-refractivity contribution < 1.29 is 11.3 Å². The first-order valence-electron chi connectivity index (χ1n) is 18.1. The lowest BCUT2D eigenvalue weighted by atomic mass is 10.0. The van der Waals surface area contributed by atoms with Gasteiger partial charge in [0, 0.05) is 38.4 Å².